The summed E-state index contributed by atoms with van der Waals surface area (Å²) in [5.74, 6) is 0.179. The van der Waals surface area contributed by atoms with Gasteiger partial charge in [-0.2, -0.15) is 0 Å². The van der Waals surface area contributed by atoms with Crippen LogP contribution in [0.2, 0.25) is 0 Å². The van der Waals surface area contributed by atoms with Crippen LogP contribution in [0, 0.1) is 16.0 Å². The molecule has 21 heavy (non-hydrogen) atoms. The number of nitrogens with zero attached hydrogens (tertiary/aromatic N) is 3. The van der Waals surface area contributed by atoms with Gasteiger partial charge in [-0.3, -0.25) is 14.9 Å². The highest BCUT2D eigenvalue weighted by atomic mass is 16.6. The zero-order chi connectivity index (χ0) is 15.6. The summed E-state index contributed by atoms with van der Waals surface area (Å²) >= 11 is 0. The van der Waals surface area contributed by atoms with Crippen molar-refractivity contribution < 1.29 is 9.72 Å². The van der Waals surface area contributed by atoms with Crippen LogP contribution < -0.4 is 10.6 Å². The Morgan fingerprint density at radius 1 is 1.52 bits per heavy atom. The molecule has 1 unspecified atom stereocenters. The third-order valence-electron chi connectivity index (χ3n) is 3.79. The summed E-state index contributed by atoms with van der Waals surface area (Å²) in [6.07, 6.45) is 0.916. The second kappa shape index (κ2) is 6.09. The van der Waals surface area contributed by atoms with Gasteiger partial charge in [-0.15, -0.1) is 0 Å². The molecule has 2 N–H and O–H groups in total. The first-order chi connectivity index (χ1) is 9.93. The molecule has 0 radical (unpaired) electrons. The number of nitro groups is 1. The summed E-state index contributed by atoms with van der Waals surface area (Å²) < 4.78 is 0. The lowest BCUT2D eigenvalue weighted by Gasteiger charge is -2.20. The van der Waals surface area contributed by atoms with Crippen LogP contribution in [0.4, 0.5) is 11.4 Å². The fourth-order valence-electron chi connectivity index (χ4n) is 2.57. The average molecular weight is 292 g/mol. The molecule has 1 atom stereocenters. The molecule has 1 aliphatic heterocycles. The minimum absolute atomic E-state index is 0.0305. The lowest BCUT2D eigenvalue weighted by molar-refractivity contribution is -0.384. The number of nitrogens with two attached hydrogens (primary N) is 1. The molecule has 2 rings (SSSR count). The molecule has 0 bridgehead atoms. The molecule has 1 heterocycles. The van der Waals surface area contributed by atoms with E-state index < -0.39 is 4.92 Å². The molecule has 1 aliphatic rings. The second-order valence-corrected chi connectivity index (χ2v) is 5.50. The van der Waals surface area contributed by atoms with Gasteiger partial charge < -0.3 is 15.5 Å². The van der Waals surface area contributed by atoms with Crippen LogP contribution in [0.3, 0.4) is 0 Å². The maximum absolute atomic E-state index is 12.0. The van der Waals surface area contributed by atoms with E-state index in [4.69, 9.17) is 5.73 Å². The first kappa shape index (κ1) is 15.2. The minimum Gasteiger partial charge on any atom is -0.366 e. The fourth-order valence-corrected chi connectivity index (χ4v) is 2.57. The van der Waals surface area contributed by atoms with Crippen molar-refractivity contribution in [3.05, 3.63) is 33.9 Å². The van der Waals surface area contributed by atoms with Gasteiger partial charge >= 0.3 is 0 Å². The summed E-state index contributed by atoms with van der Waals surface area (Å²) in [6.45, 7) is 1.99. The van der Waals surface area contributed by atoms with Gasteiger partial charge in [-0.1, -0.05) is 0 Å². The van der Waals surface area contributed by atoms with Gasteiger partial charge in [0.2, 0.25) is 0 Å². The Hall–Kier alpha value is -2.15. The van der Waals surface area contributed by atoms with E-state index in [1.165, 1.54) is 17.0 Å². The van der Waals surface area contributed by atoms with Gasteiger partial charge in [0.25, 0.3) is 11.6 Å². The van der Waals surface area contributed by atoms with Crippen LogP contribution in [-0.2, 0) is 0 Å². The van der Waals surface area contributed by atoms with E-state index in [1.807, 2.05) is 4.90 Å². The van der Waals surface area contributed by atoms with Crippen LogP contribution in [0.25, 0.3) is 0 Å². The minimum atomic E-state index is -0.408. The van der Waals surface area contributed by atoms with E-state index in [0.717, 1.165) is 13.0 Å². The van der Waals surface area contributed by atoms with Crippen molar-refractivity contribution in [2.75, 3.05) is 38.6 Å². The molecule has 114 valence electrons. The lowest BCUT2D eigenvalue weighted by atomic mass is 10.1. The van der Waals surface area contributed by atoms with Gasteiger partial charge in [0.15, 0.2) is 0 Å². The normalized spacial score (nSPS) is 17.9. The number of amides is 1. The highest BCUT2D eigenvalue weighted by Gasteiger charge is 2.28. The first-order valence-corrected chi connectivity index (χ1v) is 6.89. The Kier molecular flexibility index (Phi) is 4.42. The van der Waals surface area contributed by atoms with E-state index in [2.05, 4.69) is 0 Å². The number of carbonyl (C=O) groups excluding carboxylic acids is 1. The molecule has 0 saturated carbocycles. The molecule has 0 aliphatic carbocycles. The van der Waals surface area contributed by atoms with Gasteiger partial charge in [-0.25, -0.2) is 0 Å². The average Bonchev–Trinajstić information content (AvgIpc) is 2.94. The van der Waals surface area contributed by atoms with Crippen LogP contribution >= 0.6 is 0 Å². The maximum atomic E-state index is 12.0. The van der Waals surface area contributed by atoms with Crippen LogP contribution in [0.15, 0.2) is 18.2 Å². The summed E-state index contributed by atoms with van der Waals surface area (Å²) in [7, 11) is 3.31. The third-order valence-corrected chi connectivity index (χ3v) is 3.79. The zero-order valence-electron chi connectivity index (χ0n) is 12.3. The molecule has 1 saturated heterocycles. The van der Waals surface area contributed by atoms with Crippen LogP contribution in [0.1, 0.15) is 16.8 Å². The van der Waals surface area contributed by atoms with Crippen molar-refractivity contribution in [1.82, 2.24) is 4.90 Å². The smallest absolute Gasteiger partial charge is 0.292 e. The molecule has 7 heteroatoms. The zero-order valence-corrected chi connectivity index (χ0v) is 12.3. The van der Waals surface area contributed by atoms with Gasteiger partial charge in [0.1, 0.15) is 5.69 Å². The first-order valence-electron chi connectivity index (χ1n) is 6.89. The largest absolute Gasteiger partial charge is 0.366 e. The van der Waals surface area contributed by atoms with Crippen LogP contribution in [-0.4, -0.2) is 49.5 Å². The molecule has 1 amide bonds. The van der Waals surface area contributed by atoms with Crippen molar-refractivity contribution in [1.29, 1.82) is 0 Å². The number of rotatable bonds is 4. The van der Waals surface area contributed by atoms with E-state index in [9.17, 15) is 14.9 Å². The number of hydrogen-bond acceptors (Lipinski definition) is 5. The quantitative estimate of drug-likeness (QED) is 0.662. The molecule has 1 fully saturated rings. The molecule has 1 aromatic rings. The predicted octanol–water partition coefficient (Wildman–Crippen LogP) is 1.08. The number of benzene rings is 1. The highest BCUT2D eigenvalue weighted by molar-refractivity contribution is 5.95. The molecule has 0 aromatic heterocycles. The van der Waals surface area contributed by atoms with Gasteiger partial charge in [0.05, 0.1) is 4.92 Å². The lowest BCUT2D eigenvalue weighted by Crippen LogP contribution is -2.25. The Labute approximate surface area is 123 Å². The Balaban J connectivity index is 2.38. The molecule has 0 spiro atoms. The number of nitro benzene ring substituents is 1. The van der Waals surface area contributed by atoms with Crippen molar-refractivity contribution in [3.8, 4) is 0 Å². The summed E-state index contributed by atoms with van der Waals surface area (Å²) in [6, 6.07) is 4.52. The van der Waals surface area contributed by atoms with E-state index >= 15 is 0 Å². The van der Waals surface area contributed by atoms with Crippen molar-refractivity contribution in [3.63, 3.8) is 0 Å². The second-order valence-electron chi connectivity index (χ2n) is 5.50. The van der Waals surface area contributed by atoms with Crippen LogP contribution in [0.5, 0.6) is 0 Å². The number of hydrogen-bond donors (Lipinski definition) is 1. The Morgan fingerprint density at radius 3 is 2.76 bits per heavy atom. The van der Waals surface area contributed by atoms with E-state index in [-0.39, 0.29) is 11.6 Å². The van der Waals surface area contributed by atoms with Gasteiger partial charge in [0, 0.05) is 38.8 Å². The molecule has 1 aromatic carbocycles. The number of anilines is 1. The third kappa shape index (κ3) is 3.13. The highest BCUT2D eigenvalue weighted by Crippen LogP contribution is 2.33. The summed E-state index contributed by atoms with van der Waals surface area (Å²) in [5.41, 5.74) is 6.66. The Bertz CT molecular complexity index is 559. The monoisotopic (exact) mass is 292 g/mol. The standard InChI is InChI=1S/C14H20N4O3/c1-16(2)14(19)11-3-4-12(18(20)21)13(7-11)17-6-5-10(8-15)9-17/h3-4,7,10H,5-6,8-9,15H2,1-2H3. The fraction of sp³-hybridized carbons (Fsp3) is 0.500. The molecular formula is C14H20N4O3. The number of carbonyl (C=O) groups is 1. The summed E-state index contributed by atoms with van der Waals surface area (Å²) in [5, 5.41) is 11.2. The van der Waals surface area contributed by atoms with Gasteiger partial charge in [-0.05, 0) is 31.0 Å². The Morgan fingerprint density at radius 2 is 2.24 bits per heavy atom. The molecule has 7 nitrogen and oxygen atoms in total. The predicted molar refractivity (Wildman–Crippen MR) is 80.5 cm³/mol. The molecular weight excluding hydrogens is 272 g/mol. The summed E-state index contributed by atoms with van der Waals surface area (Å²) in [4.78, 5) is 26.2. The van der Waals surface area contributed by atoms with E-state index in [0.29, 0.717) is 30.3 Å². The maximum Gasteiger partial charge on any atom is 0.292 e. The van der Waals surface area contributed by atoms with Crippen molar-refractivity contribution in [2.24, 2.45) is 11.7 Å². The van der Waals surface area contributed by atoms with Crippen molar-refractivity contribution in [2.45, 2.75) is 6.42 Å². The van der Waals surface area contributed by atoms with Crippen molar-refractivity contribution >= 4 is 17.3 Å². The topological polar surface area (TPSA) is 92.7 Å². The SMILES string of the molecule is CN(C)C(=O)c1ccc([N+](=O)[O-])c(N2CCC(CN)C2)c1. The van der Waals surface area contributed by atoms with E-state index in [1.54, 1.807) is 20.2 Å².